The summed E-state index contributed by atoms with van der Waals surface area (Å²) in [5.74, 6) is -1.17. The van der Waals surface area contributed by atoms with Crippen LogP contribution >= 0.6 is 11.6 Å². The Balaban J connectivity index is 2.52. The average molecular weight is 299 g/mol. The number of rotatable bonds is 6. The van der Waals surface area contributed by atoms with Gasteiger partial charge >= 0.3 is 12.0 Å². The molecule has 0 spiro atoms. The molecular formula is C14H19ClN2O3. The van der Waals surface area contributed by atoms with Crippen LogP contribution in [0.2, 0.25) is 5.02 Å². The second-order valence-corrected chi connectivity index (χ2v) is 5.09. The second kappa shape index (κ2) is 7.75. The van der Waals surface area contributed by atoms with Gasteiger partial charge in [0, 0.05) is 11.6 Å². The molecule has 110 valence electrons. The van der Waals surface area contributed by atoms with Gasteiger partial charge in [0.15, 0.2) is 0 Å². The molecule has 0 bridgehead atoms. The summed E-state index contributed by atoms with van der Waals surface area (Å²) in [6.45, 7) is 3.96. The van der Waals surface area contributed by atoms with Gasteiger partial charge in [-0.15, -0.1) is 0 Å². The molecule has 1 aromatic carbocycles. The molecule has 3 N–H and O–H groups in total. The Kier molecular flexibility index (Phi) is 6.31. The zero-order valence-electron chi connectivity index (χ0n) is 11.5. The zero-order valence-corrected chi connectivity index (χ0v) is 12.3. The molecule has 0 fully saturated rings. The molecule has 20 heavy (non-hydrogen) atoms. The van der Waals surface area contributed by atoms with E-state index in [9.17, 15) is 9.59 Å². The minimum Gasteiger partial charge on any atom is -0.480 e. The molecule has 0 aromatic heterocycles. The van der Waals surface area contributed by atoms with Gasteiger partial charge in [-0.25, -0.2) is 9.59 Å². The van der Waals surface area contributed by atoms with Gasteiger partial charge < -0.3 is 15.7 Å². The van der Waals surface area contributed by atoms with Crippen molar-refractivity contribution in [3.63, 3.8) is 0 Å². The van der Waals surface area contributed by atoms with E-state index in [4.69, 9.17) is 16.7 Å². The molecule has 0 heterocycles. The number of carboxylic acid groups (broad SMARTS) is 1. The maximum Gasteiger partial charge on any atom is 0.326 e. The minimum atomic E-state index is -1.03. The van der Waals surface area contributed by atoms with Crippen LogP contribution in [0.1, 0.15) is 25.8 Å². The molecule has 0 aliphatic rings. The molecule has 0 aliphatic heterocycles. The van der Waals surface area contributed by atoms with Crippen LogP contribution in [0.25, 0.3) is 0 Å². The van der Waals surface area contributed by atoms with Crippen LogP contribution in [0, 0.1) is 5.92 Å². The maximum atomic E-state index is 11.7. The fourth-order valence-corrected chi connectivity index (χ4v) is 1.92. The van der Waals surface area contributed by atoms with Gasteiger partial charge in [0.25, 0.3) is 0 Å². The molecule has 0 saturated carbocycles. The van der Waals surface area contributed by atoms with Crippen molar-refractivity contribution in [3.05, 3.63) is 34.9 Å². The molecule has 2 atom stereocenters. The fraction of sp³-hybridized carbons (Fsp3) is 0.429. The van der Waals surface area contributed by atoms with Crippen molar-refractivity contribution < 1.29 is 14.7 Å². The monoisotopic (exact) mass is 298 g/mol. The van der Waals surface area contributed by atoms with Crippen molar-refractivity contribution in [1.82, 2.24) is 10.6 Å². The highest BCUT2D eigenvalue weighted by Crippen LogP contribution is 2.10. The predicted octanol–water partition coefficient (Wildman–Crippen LogP) is 2.64. The first-order chi connectivity index (χ1) is 9.43. The van der Waals surface area contributed by atoms with E-state index >= 15 is 0 Å². The van der Waals surface area contributed by atoms with Crippen molar-refractivity contribution in [3.8, 4) is 0 Å². The van der Waals surface area contributed by atoms with Crippen LogP contribution in [0.15, 0.2) is 24.3 Å². The number of aliphatic carboxylic acids is 1. The fourth-order valence-electron chi connectivity index (χ4n) is 1.70. The third-order valence-electron chi connectivity index (χ3n) is 3.11. The van der Waals surface area contributed by atoms with Crippen LogP contribution in [-0.4, -0.2) is 23.1 Å². The lowest BCUT2D eigenvalue weighted by Gasteiger charge is -2.20. The third kappa shape index (κ3) is 5.09. The van der Waals surface area contributed by atoms with Crippen LogP contribution in [0.3, 0.4) is 0 Å². The zero-order chi connectivity index (χ0) is 15.1. The summed E-state index contributed by atoms with van der Waals surface area (Å²) in [6, 6.07) is 5.71. The van der Waals surface area contributed by atoms with Crippen molar-refractivity contribution in [2.75, 3.05) is 0 Å². The van der Waals surface area contributed by atoms with E-state index < -0.39 is 18.0 Å². The average Bonchev–Trinajstić information content (AvgIpc) is 2.41. The van der Waals surface area contributed by atoms with Crippen LogP contribution in [-0.2, 0) is 11.3 Å². The summed E-state index contributed by atoms with van der Waals surface area (Å²) in [5.41, 5.74) is 0.850. The van der Waals surface area contributed by atoms with E-state index in [2.05, 4.69) is 10.6 Å². The molecule has 2 amide bonds. The number of benzene rings is 1. The highest BCUT2D eigenvalue weighted by molar-refractivity contribution is 6.30. The first-order valence-electron chi connectivity index (χ1n) is 6.45. The van der Waals surface area contributed by atoms with Crippen molar-refractivity contribution >= 4 is 23.6 Å². The molecule has 0 saturated heterocycles. The second-order valence-electron chi connectivity index (χ2n) is 4.66. The lowest BCUT2D eigenvalue weighted by molar-refractivity contribution is -0.140. The summed E-state index contributed by atoms with van der Waals surface area (Å²) in [7, 11) is 0. The number of nitrogens with one attached hydrogen (secondary N) is 2. The van der Waals surface area contributed by atoms with Gasteiger partial charge in [-0.2, -0.15) is 0 Å². The number of carbonyl (C=O) groups excluding carboxylic acids is 1. The highest BCUT2D eigenvalue weighted by Gasteiger charge is 2.24. The summed E-state index contributed by atoms with van der Waals surface area (Å²) >= 11 is 5.84. The van der Waals surface area contributed by atoms with Gasteiger partial charge in [-0.1, -0.05) is 44.0 Å². The van der Waals surface area contributed by atoms with Crippen LogP contribution in [0.4, 0.5) is 4.79 Å². The van der Waals surface area contributed by atoms with E-state index in [1.807, 2.05) is 13.0 Å². The number of carboxylic acids is 1. The van der Waals surface area contributed by atoms with Crippen LogP contribution in [0.5, 0.6) is 0 Å². The maximum absolute atomic E-state index is 11.7. The smallest absolute Gasteiger partial charge is 0.326 e. The normalized spacial score (nSPS) is 13.3. The number of hydrogen-bond acceptors (Lipinski definition) is 2. The minimum absolute atomic E-state index is 0.135. The van der Waals surface area contributed by atoms with Crippen molar-refractivity contribution in [2.45, 2.75) is 32.9 Å². The number of amides is 2. The quantitative estimate of drug-likeness (QED) is 0.755. The van der Waals surface area contributed by atoms with E-state index in [0.29, 0.717) is 18.0 Å². The van der Waals surface area contributed by atoms with Crippen molar-refractivity contribution in [2.24, 2.45) is 5.92 Å². The number of carbonyl (C=O) groups is 2. The highest BCUT2D eigenvalue weighted by atomic mass is 35.5. The van der Waals surface area contributed by atoms with E-state index in [1.165, 1.54) is 0 Å². The standard InChI is InChI=1S/C14H19ClN2O3/c1-3-9(2)12(13(18)19)17-14(20)16-8-10-5-4-6-11(15)7-10/h4-7,9,12H,3,8H2,1-2H3,(H,18,19)(H2,16,17,20)/t9-,12-/m0/s1. The van der Waals surface area contributed by atoms with E-state index in [0.717, 1.165) is 5.56 Å². The van der Waals surface area contributed by atoms with Crippen LogP contribution < -0.4 is 10.6 Å². The lowest BCUT2D eigenvalue weighted by atomic mass is 9.99. The molecule has 6 heteroatoms. The first-order valence-corrected chi connectivity index (χ1v) is 6.83. The summed E-state index contributed by atoms with van der Waals surface area (Å²) in [6.07, 6.45) is 0.672. The molecule has 1 rings (SSSR count). The Morgan fingerprint density at radius 2 is 2.10 bits per heavy atom. The first kappa shape index (κ1) is 16.3. The van der Waals surface area contributed by atoms with Gasteiger partial charge in [-0.3, -0.25) is 0 Å². The topological polar surface area (TPSA) is 78.4 Å². The molecule has 0 radical (unpaired) electrons. The lowest BCUT2D eigenvalue weighted by Crippen LogP contribution is -2.48. The van der Waals surface area contributed by atoms with Gasteiger partial charge in [0.05, 0.1) is 0 Å². The number of halogens is 1. The van der Waals surface area contributed by atoms with Gasteiger partial charge in [0.2, 0.25) is 0 Å². The number of hydrogen-bond donors (Lipinski definition) is 3. The SMILES string of the molecule is CC[C@H](C)[C@H](NC(=O)NCc1cccc(Cl)c1)C(=O)O. The van der Waals surface area contributed by atoms with E-state index in [1.54, 1.807) is 25.1 Å². The summed E-state index contributed by atoms with van der Waals surface area (Å²) < 4.78 is 0. The molecule has 5 nitrogen and oxygen atoms in total. The largest absolute Gasteiger partial charge is 0.480 e. The Morgan fingerprint density at radius 1 is 1.40 bits per heavy atom. The molecule has 0 aliphatic carbocycles. The number of urea groups is 1. The Bertz CT molecular complexity index is 479. The Labute approximate surface area is 123 Å². The molecule has 1 aromatic rings. The summed E-state index contributed by atoms with van der Waals surface area (Å²) in [4.78, 5) is 22.8. The summed E-state index contributed by atoms with van der Waals surface area (Å²) in [5, 5.41) is 14.8. The predicted molar refractivity (Wildman–Crippen MR) is 77.7 cm³/mol. The Hall–Kier alpha value is -1.75. The Morgan fingerprint density at radius 3 is 2.65 bits per heavy atom. The van der Waals surface area contributed by atoms with Gasteiger partial charge in [0.1, 0.15) is 6.04 Å². The third-order valence-corrected chi connectivity index (χ3v) is 3.34. The molecule has 0 unspecified atom stereocenters. The van der Waals surface area contributed by atoms with E-state index in [-0.39, 0.29) is 5.92 Å². The van der Waals surface area contributed by atoms with Gasteiger partial charge in [-0.05, 0) is 23.6 Å². The van der Waals surface area contributed by atoms with Crippen molar-refractivity contribution in [1.29, 1.82) is 0 Å². The molecular weight excluding hydrogens is 280 g/mol.